The van der Waals surface area contributed by atoms with Gasteiger partial charge >= 0.3 is 0 Å². The Balaban J connectivity index is 1.58. The van der Waals surface area contributed by atoms with E-state index >= 15 is 0 Å². The lowest BCUT2D eigenvalue weighted by Gasteiger charge is -2.28. The van der Waals surface area contributed by atoms with Crippen molar-refractivity contribution in [3.8, 4) is 0 Å². The van der Waals surface area contributed by atoms with Gasteiger partial charge in [-0.2, -0.15) is 0 Å². The second-order valence-electron chi connectivity index (χ2n) is 7.83. The number of rotatable bonds is 4. The van der Waals surface area contributed by atoms with Crippen LogP contribution in [-0.4, -0.2) is 6.17 Å². The maximum absolute atomic E-state index is 13.7. The fourth-order valence-corrected chi connectivity index (χ4v) is 4.70. The summed E-state index contributed by atoms with van der Waals surface area (Å²) in [4.78, 5) is 0. The van der Waals surface area contributed by atoms with Crippen molar-refractivity contribution < 1.29 is 4.39 Å². The Kier molecular flexibility index (Phi) is 5.21. The fourth-order valence-electron chi connectivity index (χ4n) is 4.70. The zero-order valence-corrected chi connectivity index (χ0v) is 14.2. The molecule has 2 aliphatic carbocycles. The lowest BCUT2D eigenvalue weighted by molar-refractivity contribution is 0.277. The molecule has 122 valence electrons. The van der Waals surface area contributed by atoms with Gasteiger partial charge in [-0.3, -0.25) is 0 Å². The molecule has 1 heteroatoms. The van der Waals surface area contributed by atoms with Gasteiger partial charge in [-0.15, -0.1) is 0 Å². The van der Waals surface area contributed by atoms with Crippen molar-refractivity contribution in [2.75, 3.05) is 0 Å². The molecule has 2 aliphatic rings. The Morgan fingerprint density at radius 2 is 1.50 bits per heavy atom. The van der Waals surface area contributed by atoms with Crippen molar-refractivity contribution >= 4 is 0 Å². The molecule has 3 rings (SSSR count). The van der Waals surface area contributed by atoms with Crippen LogP contribution in [0.5, 0.6) is 0 Å². The van der Waals surface area contributed by atoms with E-state index in [9.17, 15) is 4.39 Å². The average Bonchev–Trinajstić information content (AvgIpc) is 2.88. The first kappa shape index (κ1) is 16.0. The van der Waals surface area contributed by atoms with Crippen LogP contribution in [0.4, 0.5) is 4.39 Å². The van der Waals surface area contributed by atoms with Crippen LogP contribution >= 0.6 is 0 Å². The quantitative estimate of drug-likeness (QED) is 0.587. The van der Waals surface area contributed by atoms with E-state index in [2.05, 4.69) is 31.2 Å². The molecule has 0 radical (unpaired) electrons. The van der Waals surface area contributed by atoms with E-state index in [1.54, 1.807) is 0 Å². The van der Waals surface area contributed by atoms with E-state index in [1.807, 2.05) is 6.92 Å². The van der Waals surface area contributed by atoms with Gasteiger partial charge in [0.2, 0.25) is 0 Å². The third-order valence-electron chi connectivity index (χ3n) is 6.21. The highest BCUT2D eigenvalue weighted by Crippen LogP contribution is 2.41. The summed E-state index contributed by atoms with van der Waals surface area (Å²) in [5, 5.41) is 0. The van der Waals surface area contributed by atoms with Gasteiger partial charge < -0.3 is 0 Å². The Hall–Kier alpha value is -0.850. The van der Waals surface area contributed by atoms with Crippen molar-refractivity contribution in [3.63, 3.8) is 0 Å². The van der Waals surface area contributed by atoms with Crippen molar-refractivity contribution in [2.24, 2.45) is 11.8 Å². The molecule has 0 heterocycles. The molecular weight excluding hydrogens is 271 g/mol. The summed E-state index contributed by atoms with van der Waals surface area (Å²) in [5.41, 5.74) is 2.87. The Labute approximate surface area is 135 Å². The van der Waals surface area contributed by atoms with E-state index in [0.717, 1.165) is 24.7 Å². The maximum Gasteiger partial charge on any atom is 0.103 e. The summed E-state index contributed by atoms with van der Waals surface area (Å²) < 4.78 is 13.7. The van der Waals surface area contributed by atoms with Crippen LogP contribution < -0.4 is 0 Å². The Morgan fingerprint density at radius 3 is 2.00 bits per heavy atom. The van der Waals surface area contributed by atoms with Gasteiger partial charge in [-0.05, 0) is 73.3 Å². The second kappa shape index (κ2) is 7.15. The van der Waals surface area contributed by atoms with Gasteiger partial charge in [0.05, 0.1) is 0 Å². The molecule has 2 fully saturated rings. The summed E-state index contributed by atoms with van der Waals surface area (Å²) in [6.45, 7) is 4.35. The largest absolute Gasteiger partial charge is 0.247 e. The van der Waals surface area contributed by atoms with Gasteiger partial charge in [0.25, 0.3) is 0 Å². The molecule has 1 aromatic carbocycles. The molecule has 0 bridgehead atoms. The standard InChI is InChI=1S/C21H31F/c1-3-4-16-5-7-17(8-6-16)18-9-11-19(12-10-18)20-13-15(2)21(22)14-20/h9-12,15-17,20-21H,3-8,13-14H2,1-2H3/t15-,16?,17?,20?,21-/m0/s1. The number of halogens is 1. The molecule has 1 aromatic rings. The molecule has 0 aliphatic heterocycles. The minimum atomic E-state index is -0.599. The molecule has 22 heavy (non-hydrogen) atoms. The average molecular weight is 302 g/mol. The first-order valence-corrected chi connectivity index (χ1v) is 9.41. The van der Waals surface area contributed by atoms with Crippen LogP contribution in [0.1, 0.15) is 88.2 Å². The SMILES string of the molecule is CCCC1CCC(c2ccc(C3C[C@H](C)[C@@H](F)C3)cc2)CC1. The van der Waals surface area contributed by atoms with Crippen LogP contribution in [0.2, 0.25) is 0 Å². The number of hydrogen-bond acceptors (Lipinski definition) is 0. The van der Waals surface area contributed by atoms with Gasteiger partial charge in [-0.1, -0.05) is 51.0 Å². The Bertz CT molecular complexity index is 445. The number of hydrogen-bond donors (Lipinski definition) is 0. The highest BCUT2D eigenvalue weighted by atomic mass is 19.1. The Morgan fingerprint density at radius 1 is 0.909 bits per heavy atom. The molecule has 0 aromatic heterocycles. The minimum Gasteiger partial charge on any atom is -0.247 e. The highest BCUT2D eigenvalue weighted by molar-refractivity contribution is 5.29. The van der Waals surface area contributed by atoms with Crippen molar-refractivity contribution in [2.45, 2.75) is 83.2 Å². The van der Waals surface area contributed by atoms with Crippen LogP contribution in [0.15, 0.2) is 24.3 Å². The van der Waals surface area contributed by atoms with Crippen LogP contribution in [0.25, 0.3) is 0 Å². The molecule has 3 atom stereocenters. The maximum atomic E-state index is 13.7. The van der Waals surface area contributed by atoms with E-state index in [1.165, 1.54) is 49.7 Å². The van der Waals surface area contributed by atoms with Crippen LogP contribution in [-0.2, 0) is 0 Å². The topological polar surface area (TPSA) is 0 Å². The van der Waals surface area contributed by atoms with Crippen molar-refractivity contribution in [3.05, 3.63) is 35.4 Å². The van der Waals surface area contributed by atoms with Gasteiger partial charge in [-0.25, -0.2) is 4.39 Å². The molecule has 0 nitrogen and oxygen atoms in total. The van der Waals surface area contributed by atoms with Gasteiger partial charge in [0.15, 0.2) is 0 Å². The molecule has 1 unspecified atom stereocenters. The van der Waals surface area contributed by atoms with Gasteiger partial charge in [0, 0.05) is 0 Å². The van der Waals surface area contributed by atoms with E-state index in [0.29, 0.717) is 5.92 Å². The van der Waals surface area contributed by atoms with E-state index in [4.69, 9.17) is 0 Å². The predicted molar refractivity (Wildman–Crippen MR) is 92.1 cm³/mol. The molecule has 0 N–H and O–H groups in total. The third kappa shape index (κ3) is 3.55. The predicted octanol–water partition coefficient (Wildman–Crippen LogP) is 6.61. The van der Waals surface area contributed by atoms with Gasteiger partial charge in [0.1, 0.15) is 6.17 Å². The summed E-state index contributed by atoms with van der Waals surface area (Å²) in [5.74, 6) is 2.42. The molecule has 0 amide bonds. The summed E-state index contributed by atoms with van der Waals surface area (Å²) in [7, 11) is 0. The molecule has 0 saturated heterocycles. The van der Waals surface area contributed by atoms with E-state index < -0.39 is 6.17 Å². The molecule has 2 saturated carbocycles. The monoisotopic (exact) mass is 302 g/mol. The summed E-state index contributed by atoms with van der Waals surface area (Å²) in [6, 6.07) is 9.22. The molecular formula is C21H31F. The first-order chi connectivity index (χ1) is 10.7. The molecule has 0 spiro atoms. The summed E-state index contributed by atoms with van der Waals surface area (Å²) in [6.07, 6.45) is 9.42. The lowest BCUT2D eigenvalue weighted by atomic mass is 9.77. The highest BCUT2D eigenvalue weighted by Gasteiger charge is 2.32. The lowest BCUT2D eigenvalue weighted by Crippen LogP contribution is -2.13. The zero-order chi connectivity index (χ0) is 15.5. The first-order valence-electron chi connectivity index (χ1n) is 9.41. The summed E-state index contributed by atoms with van der Waals surface area (Å²) >= 11 is 0. The number of alkyl halides is 1. The third-order valence-corrected chi connectivity index (χ3v) is 6.21. The van der Waals surface area contributed by atoms with Crippen LogP contribution in [0, 0.1) is 11.8 Å². The van der Waals surface area contributed by atoms with Crippen LogP contribution in [0.3, 0.4) is 0 Å². The minimum absolute atomic E-state index is 0.235. The number of benzene rings is 1. The smallest absolute Gasteiger partial charge is 0.103 e. The second-order valence-corrected chi connectivity index (χ2v) is 7.83. The normalized spacial score (nSPS) is 35.7. The zero-order valence-electron chi connectivity index (χ0n) is 14.2. The van der Waals surface area contributed by atoms with Crippen molar-refractivity contribution in [1.82, 2.24) is 0 Å². The van der Waals surface area contributed by atoms with Crippen molar-refractivity contribution in [1.29, 1.82) is 0 Å². The fraction of sp³-hybridized carbons (Fsp3) is 0.714. The van der Waals surface area contributed by atoms with E-state index in [-0.39, 0.29) is 5.92 Å².